The van der Waals surface area contributed by atoms with Crippen LogP contribution in [0.3, 0.4) is 0 Å². The molecule has 3 rings (SSSR count). The molecule has 15 heavy (non-hydrogen) atoms. The molecule has 0 spiro atoms. The van der Waals surface area contributed by atoms with Crippen LogP contribution in [0.5, 0.6) is 0 Å². The Balaban J connectivity index is 1.77. The van der Waals surface area contributed by atoms with Gasteiger partial charge in [-0.15, -0.1) is 0 Å². The molecule has 2 aliphatic rings. The summed E-state index contributed by atoms with van der Waals surface area (Å²) in [7, 11) is 0. The van der Waals surface area contributed by atoms with Crippen LogP contribution in [0.25, 0.3) is 0 Å². The van der Waals surface area contributed by atoms with Crippen molar-refractivity contribution in [2.24, 2.45) is 0 Å². The van der Waals surface area contributed by atoms with E-state index in [9.17, 15) is 0 Å². The quantitative estimate of drug-likeness (QED) is 0.821. The number of hydrogen-bond donors (Lipinski definition) is 1. The maximum Gasteiger partial charge on any atom is 0.0409 e. The largest absolute Gasteiger partial charge is 0.310 e. The van der Waals surface area contributed by atoms with Crippen LogP contribution in [0.15, 0.2) is 18.2 Å². The zero-order chi connectivity index (χ0) is 10.3. The molecule has 80 valence electrons. The van der Waals surface area contributed by atoms with Gasteiger partial charge in [0.15, 0.2) is 0 Å². The van der Waals surface area contributed by atoms with Crippen molar-refractivity contribution in [3.8, 4) is 0 Å². The van der Waals surface area contributed by atoms with Gasteiger partial charge < -0.3 is 5.32 Å². The fraction of sp³-hybridized carbons (Fsp3) is 0.538. The normalized spacial score (nSPS) is 20.6. The predicted octanol–water partition coefficient (Wildman–Crippen LogP) is 3.47. The number of nitrogens with one attached hydrogen (secondary N) is 1. The summed E-state index contributed by atoms with van der Waals surface area (Å²) in [6.07, 6.45) is 5.40. The minimum absolute atomic E-state index is 0.785. The molecule has 2 aliphatic carbocycles. The van der Waals surface area contributed by atoms with Gasteiger partial charge in [-0.25, -0.2) is 0 Å². The molecule has 0 aromatic heterocycles. The highest BCUT2D eigenvalue weighted by atomic mass is 35.5. The molecule has 1 aromatic carbocycles. The summed E-state index contributed by atoms with van der Waals surface area (Å²) in [5.74, 6) is 0.791. The van der Waals surface area contributed by atoms with E-state index in [0.29, 0.717) is 0 Å². The van der Waals surface area contributed by atoms with E-state index >= 15 is 0 Å². The predicted molar refractivity (Wildman–Crippen MR) is 63.3 cm³/mol. The molecule has 0 heterocycles. The molecule has 0 radical (unpaired) electrons. The van der Waals surface area contributed by atoms with Crippen molar-refractivity contribution in [3.63, 3.8) is 0 Å². The molecule has 2 fully saturated rings. The molecule has 0 amide bonds. The molecular formula is C13H16ClN. The fourth-order valence-electron chi connectivity index (χ4n) is 2.04. The smallest absolute Gasteiger partial charge is 0.0409 e. The second-order valence-corrected chi connectivity index (χ2v) is 5.21. The lowest BCUT2D eigenvalue weighted by atomic mass is 10.0. The van der Waals surface area contributed by atoms with E-state index in [2.05, 4.69) is 17.4 Å². The van der Waals surface area contributed by atoms with Crippen LogP contribution >= 0.6 is 11.6 Å². The van der Waals surface area contributed by atoms with E-state index in [0.717, 1.165) is 23.5 Å². The van der Waals surface area contributed by atoms with Crippen molar-refractivity contribution in [2.75, 3.05) is 0 Å². The van der Waals surface area contributed by atoms with Crippen LogP contribution in [0.1, 0.15) is 42.7 Å². The first kappa shape index (κ1) is 9.68. The van der Waals surface area contributed by atoms with Gasteiger partial charge in [-0.3, -0.25) is 0 Å². The second kappa shape index (κ2) is 3.80. The minimum Gasteiger partial charge on any atom is -0.310 e. The Hall–Kier alpha value is -0.530. The van der Waals surface area contributed by atoms with Crippen molar-refractivity contribution < 1.29 is 0 Å². The molecule has 1 nitrogen and oxygen atoms in total. The van der Waals surface area contributed by atoms with Gasteiger partial charge in [0.05, 0.1) is 0 Å². The van der Waals surface area contributed by atoms with E-state index in [-0.39, 0.29) is 0 Å². The van der Waals surface area contributed by atoms with E-state index in [1.165, 1.54) is 36.8 Å². The van der Waals surface area contributed by atoms with Gasteiger partial charge >= 0.3 is 0 Å². The number of benzene rings is 1. The average molecular weight is 222 g/mol. The van der Waals surface area contributed by atoms with Crippen molar-refractivity contribution in [1.82, 2.24) is 5.32 Å². The van der Waals surface area contributed by atoms with Crippen LogP contribution in [0.2, 0.25) is 5.02 Å². The number of rotatable bonds is 4. The molecule has 0 unspecified atom stereocenters. The Kier molecular flexibility index (Phi) is 2.45. The molecule has 0 atom stereocenters. The topological polar surface area (TPSA) is 12.0 Å². The lowest BCUT2D eigenvalue weighted by Crippen LogP contribution is -2.16. The van der Waals surface area contributed by atoms with Gasteiger partial charge in [-0.1, -0.05) is 17.7 Å². The molecule has 1 N–H and O–H groups in total. The lowest BCUT2D eigenvalue weighted by Gasteiger charge is -2.10. The summed E-state index contributed by atoms with van der Waals surface area (Å²) < 4.78 is 0. The Bertz CT molecular complexity index is 367. The SMILES string of the molecule is Clc1ccc(CNC2CC2)c(C2CC2)c1. The van der Waals surface area contributed by atoms with Crippen LogP contribution in [0, 0.1) is 0 Å². The van der Waals surface area contributed by atoms with E-state index < -0.39 is 0 Å². The Labute approximate surface area is 95.8 Å². The highest BCUT2D eigenvalue weighted by molar-refractivity contribution is 6.30. The summed E-state index contributed by atoms with van der Waals surface area (Å²) >= 11 is 6.04. The molecule has 0 bridgehead atoms. The zero-order valence-corrected chi connectivity index (χ0v) is 9.56. The van der Waals surface area contributed by atoms with Gasteiger partial charge in [0.2, 0.25) is 0 Å². The van der Waals surface area contributed by atoms with Gasteiger partial charge in [-0.2, -0.15) is 0 Å². The zero-order valence-electron chi connectivity index (χ0n) is 8.80. The Morgan fingerprint density at radius 1 is 1.20 bits per heavy atom. The summed E-state index contributed by atoms with van der Waals surface area (Å²) in [6, 6.07) is 7.14. The van der Waals surface area contributed by atoms with Gasteiger partial charge in [0.25, 0.3) is 0 Å². The van der Waals surface area contributed by atoms with Crippen molar-refractivity contribution in [3.05, 3.63) is 34.3 Å². The molecule has 2 saturated carbocycles. The van der Waals surface area contributed by atoms with Gasteiger partial charge in [0.1, 0.15) is 0 Å². The first-order valence-corrected chi connectivity index (χ1v) is 6.22. The monoisotopic (exact) mass is 221 g/mol. The maximum absolute atomic E-state index is 6.04. The van der Waals surface area contributed by atoms with Crippen molar-refractivity contribution >= 4 is 11.6 Å². The van der Waals surface area contributed by atoms with Gasteiger partial charge in [0, 0.05) is 17.6 Å². The third-order valence-electron chi connectivity index (χ3n) is 3.28. The van der Waals surface area contributed by atoms with Gasteiger partial charge in [-0.05, 0) is 54.9 Å². The average Bonchev–Trinajstić information content (AvgIpc) is 3.10. The van der Waals surface area contributed by atoms with E-state index in [1.807, 2.05) is 6.07 Å². The summed E-state index contributed by atoms with van der Waals surface area (Å²) in [5, 5.41) is 4.45. The molecule has 0 saturated heterocycles. The first-order chi connectivity index (χ1) is 7.33. The first-order valence-electron chi connectivity index (χ1n) is 5.84. The van der Waals surface area contributed by atoms with Crippen LogP contribution in [-0.4, -0.2) is 6.04 Å². The molecule has 0 aliphatic heterocycles. The summed E-state index contributed by atoms with van der Waals surface area (Å²) in [4.78, 5) is 0. The van der Waals surface area contributed by atoms with E-state index in [1.54, 1.807) is 0 Å². The maximum atomic E-state index is 6.04. The minimum atomic E-state index is 0.785. The van der Waals surface area contributed by atoms with Crippen molar-refractivity contribution in [2.45, 2.75) is 44.2 Å². The summed E-state index contributed by atoms with van der Waals surface area (Å²) in [6.45, 7) is 1.02. The standard InChI is InChI=1S/C13H16ClN/c14-11-4-3-10(8-15-12-5-6-12)13(7-11)9-1-2-9/h3-4,7,9,12,15H,1-2,5-6,8H2. The van der Waals surface area contributed by atoms with Crippen molar-refractivity contribution in [1.29, 1.82) is 0 Å². The highest BCUT2D eigenvalue weighted by Gasteiger charge is 2.27. The number of halogens is 1. The Morgan fingerprint density at radius 2 is 2.00 bits per heavy atom. The fourth-order valence-corrected chi connectivity index (χ4v) is 2.22. The second-order valence-electron chi connectivity index (χ2n) is 4.77. The summed E-state index contributed by atoms with van der Waals surface area (Å²) in [5.41, 5.74) is 2.93. The Morgan fingerprint density at radius 3 is 2.67 bits per heavy atom. The van der Waals surface area contributed by atoms with Crippen LogP contribution in [-0.2, 0) is 6.54 Å². The number of hydrogen-bond acceptors (Lipinski definition) is 1. The molecule has 1 aromatic rings. The molecule has 2 heteroatoms. The van der Waals surface area contributed by atoms with Crippen LogP contribution < -0.4 is 5.32 Å². The highest BCUT2D eigenvalue weighted by Crippen LogP contribution is 2.42. The van der Waals surface area contributed by atoms with Crippen LogP contribution in [0.4, 0.5) is 0 Å². The lowest BCUT2D eigenvalue weighted by molar-refractivity contribution is 0.682. The third-order valence-corrected chi connectivity index (χ3v) is 3.52. The molecular weight excluding hydrogens is 206 g/mol. The van der Waals surface area contributed by atoms with E-state index in [4.69, 9.17) is 11.6 Å². The third kappa shape index (κ3) is 2.35.